The molecule has 0 aromatic heterocycles. The molecule has 118 valence electrons. The van der Waals surface area contributed by atoms with E-state index in [4.69, 9.17) is 16.3 Å². The number of likely N-dealkylation sites (N-methyl/N-ethyl adjacent to an activating group) is 1. The lowest BCUT2D eigenvalue weighted by atomic mass is 10.3. The first kappa shape index (κ1) is 17.6. The number of para-hydroxylation sites is 1. The summed E-state index contributed by atoms with van der Waals surface area (Å²) in [6.45, 7) is -1.12. The van der Waals surface area contributed by atoms with E-state index in [-0.39, 0.29) is 19.7 Å². The highest BCUT2D eigenvalue weighted by Gasteiger charge is 2.26. The van der Waals surface area contributed by atoms with Crippen molar-refractivity contribution in [2.75, 3.05) is 33.3 Å². The number of amides is 1. The van der Waals surface area contributed by atoms with Gasteiger partial charge in [0.1, 0.15) is 12.4 Å². The molecule has 1 rings (SSSR count). The fourth-order valence-electron chi connectivity index (χ4n) is 1.43. The van der Waals surface area contributed by atoms with Crippen molar-refractivity contribution in [1.82, 2.24) is 10.2 Å². The van der Waals surface area contributed by atoms with E-state index < -0.39 is 18.6 Å². The van der Waals surface area contributed by atoms with E-state index in [1.807, 2.05) is 5.32 Å². The van der Waals surface area contributed by atoms with E-state index in [1.165, 1.54) is 11.9 Å². The predicted octanol–water partition coefficient (Wildman–Crippen LogP) is 2.33. The molecule has 21 heavy (non-hydrogen) atoms. The van der Waals surface area contributed by atoms with Crippen LogP contribution in [0.3, 0.4) is 0 Å². The van der Waals surface area contributed by atoms with Crippen LogP contribution in [0.25, 0.3) is 0 Å². The second-order valence-corrected chi connectivity index (χ2v) is 4.72. The molecule has 4 nitrogen and oxygen atoms in total. The molecule has 0 aliphatic heterocycles. The van der Waals surface area contributed by atoms with E-state index in [9.17, 15) is 18.0 Å². The largest absolute Gasteiger partial charge is 0.490 e. The highest BCUT2D eigenvalue weighted by atomic mass is 35.5. The number of nitrogens with one attached hydrogen (secondary N) is 1. The van der Waals surface area contributed by atoms with Gasteiger partial charge in [0.05, 0.1) is 24.7 Å². The van der Waals surface area contributed by atoms with E-state index in [1.54, 1.807) is 24.3 Å². The third kappa shape index (κ3) is 7.19. The summed E-state index contributed by atoms with van der Waals surface area (Å²) < 4.78 is 41.1. The Hall–Kier alpha value is -1.47. The van der Waals surface area contributed by atoms with Gasteiger partial charge in [-0.3, -0.25) is 4.79 Å². The number of benzene rings is 1. The minimum Gasteiger partial charge on any atom is -0.490 e. The molecule has 1 aromatic carbocycles. The van der Waals surface area contributed by atoms with Crippen LogP contribution in [0.15, 0.2) is 24.3 Å². The quantitative estimate of drug-likeness (QED) is 0.837. The Balaban J connectivity index is 2.25. The van der Waals surface area contributed by atoms with Crippen LogP contribution in [-0.4, -0.2) is 50.3 Å². The molecule has 0 aliphatic carbocycles. The van der Waals surface area contributed by atoms with E-state index in [0.29, 0.717) is 10.8 Å². The number of hydrogen-bond donors (Lipinski definition) is 1. The van der Waals surface area contributed by atoms with E-state index in [0.717, 1.165) is 0 Å². The molecule has 0 unspecified atom stereocenters. The van der Waals surface area contributed by atoms with Gasteiger partial charge in [-0.2, -0.15) is 13.2 Å². The zero-order valence-corrected chi connectivity index (χ0v) is 12.2. The normalized spacial score (nSPS) is 11.3. The summed E-state index contributed by atoms with van der Waals surface area (Å²) in [6.07, 6.45) is -4.33. The lowest BCUT2D eigenvalue weighted by Crippen LogP contribution is -2.40. The Labute approximate surface area is 125 Å². The number of rotatable bonds is 7. The second kappa shape index (κ2) is 8.09. The fourth-order valence-corrected chi connectivity index (χ4v) is 1.62. The maximum Gasteiger partial charge on any atom is 0.401 e. The molecule has 1 aromatic rings. The molecule has 0 spiro atoms. The first-order valence-electron chi connectivity index (χ1n) is 6.18. The molecule has 0 fully saturated rings. The van der Waals surface area contributed by atoms with Crippen LogP contribution in [0.2, 0.25) is 5.02 Å². The lowest BCUT2D eigenvalue weighted by molar-refractivity contribution is -0.133. The van der Waals surface area contributed by atoms with Gasteiger partial charge in [0.15, 0.2) is 0 Å². The average Bonchev–Trinajstić information content (AvgIpc) is 2.39. The summed E-state index contributed by atoms with van der Waals surface area (Å²) in [5.74, 6) is 0.0530. The first-order chi connectivity index (χ1) is 9.79. The summed E-state index contributed by atoms with van der Waals surface area (Å²) in [5, 5.41) is 2.50. The first-order valence-corrected chi connectivity index (χ1v) is 6.56. The highest BCUT2D eigenvalue weighted by molar-refractivity contribution is 6.32. The highest BCUT2D eigenvalue weighted by Crippen LogP contribution is 2.22. The molecule has 1 amide bonds. The van der Waals surface area contributed by atoms with Crippen molar-refractivity contribution in [3.63, 3.8) is 0 Å². The number of alkyl halides is 3. The smallest absolute Gasteiger partial charge is 0.401 e. The third-order valence-electron chi connectivity index (χ3n) is 2.55. The van der Waals surface area contributed by atoms with Gasteiger partial charge in [0.2, 0.25) is 5.91 Å². The van der Waals surface area contributed by atoms with Gasteiger partial charge in [-0.1, -0.05) is 23.7 Å². The van der Waals surface area contributed by atoms with Gasteiger partial charge < -0.3 is 15.0 Å². The van der Waals surface area contributed by atoms with Crippen molar-refractivity contribution in [2.24, 2.45) is 0 Å². The molecule has 0 radical (unpaired) electrons. The minimum atomic E-state index is -4.33. The molecule has 1 N–H and O–H groups in total. The molecular formula is C13H16ClF3N2O2. The van der Waals surface area contributed by atoms with E-state index >= 15 is 0 Å². The molecule has 0 atom stereocenters. The number of hydrogen-bond acceptors (Lipinski definition) is 3. The molecule has 0 aliphatic rings. The topological polar surface area (TPSA) is 41.6 Å². The molecule has 8 heteroatoms. The van der Waals surface area contributed by atoms with Crippen molar-refractivity contribution < 1.29 is 22.7 Å². The van der Waals surface area contributed by atoms with Gasteiger partial charge in [0.25, 0.3) is 0 Å². The standard InChI is InChI=1S/C13H16ClF3N2O2/c1-19(12(20)8-18-9-13(15,16)17)6-7-21-11-5-3-2-4-10(11)14/h2-5,18H,6-9H2,1H3. The Morgan fingerprint density at radius 1 is 1.38 bits per heavy atom. The summed E-state index contributed by atoms with van der Waals surface area (Å²) in [4.78, 5) is 12.8. The number of nitrogens with zero attached hydrogens (tertiary/aromatic N) is 1. The van der Waals surface area contributed by atoms with Crippen molar-refractivity contribution in [3.05, 3.63) is 29.3 Å². The molecule has 0 heterocycles. The molecule has 0 bridgehead atoms. The van der Waals surface area contributed by atoms with Gasteiger partial charge in [0, 0.05) is 7.05 Å². The Kier molecular flexibility index (Phi) is 6.77. The molecule has 0 saturated heterocycles. The number of ether oxygens (including phenoxy) is 1. The summed E-state index contributed by atoms with van der Waals surface area (Å²) in [7, 11) is 1.49. The van der Waals surface area contributed by atoms with Gasteiger partial charge in [-0.05, 0) is 12.1 Å². The van der Waals surface area contributed by atoms with Crippen molar-refractivity contribution in [1.29, 1.82) is 0 Å². The Bertz CT molecular complexity index is 469. The zero-order chi connectivity index (χ0) is 15.9. The van der Waals surface area contributed by atoms with Crippen molar-refractivity contribution in [2.45, 2.75) is 6.18 Å². The van der Waals surface area contributed by atoms with E-state index in [2.05, 4.69) is 0 Å². The van der Waals surface area contributed by atoms with Crippen molar-refractivity contribution >= 4 is 17.5 Å². The minimum absolute atomic E-state index is 0.200. The number of carbonyl (C=O) groups excluding carboxylic acids is 1. The Morgan fingerprint density at radius 2 is 2.05 bits per heavy atom. The summed E-state index contributed by atoms with van der Waals surface area (Å²) in [5.41, 5.74) is 0. The molecule has 0 saturated carbocycles. The summed E-state index contributed by atoms with van der Waals surface area (Å²) >= 11 is 5.89. The Morgan fingerprint density at radius 3 is 2.67 bits per heavy atom. The van der Waals surface area contributed by atoms with Crippen LogP contribution in [0.4, 0.5) is 13.2 Å². The van der Waals surface area contributed by atoms with Crippen LogP contribution in [-0.2, 0) is 4.79 Å². The van der Waals surface area contributed by atoms with Crippen LogP contribution < -0.4 is 10.1 Å². The zero-order valence-electron chi connectivity index (χ0n) is 11.4. The van der Waals surface area contributed by atoms with Crippen LogP contribution in [0.5, 0.6) is 5.75 Å². The molecular weight excluding hydrogens is 309 g/mol. The number of carbonyl (C=O) groups is 1. The van der Waals surface area contributed by atoms with Gasteiger partial charge >= 0.3 is 6.18 Å². The maximum atomic E-state index is 11.9. The fraction of sp³-hybridized carbons (Fsp3) is 0.462. The van der Waals surface area contributed by atoms with Crippen LogP contribution in [0, 0.1) is 0 Å². The van der Waals surface area contributed by atoms with Crippen LogP contribution in [0.1, 0.15) is 0 Å². The summed E-state index contributed by atoms with van der Waals surface area (Å²) in [6, 6.07) is 6.89. The number of halogens is 4. The average molecular weight is 325 g/mol. The SMILES string of the molecule is CN(CCOc1ccccc1Cl)C(=O)CNCC(F)(F)F. The van der Waals surface area contributed by atoms with Gasteiger partial charge in [-0.25, -0.2) is 0 Å². The van der Waals surface area contributed by atoms with Gasteiger partial charge in [-0.15, -0.1) is 0 Å². The van der Waals surface area contributed by atoms with Crippen LogP contribution >= 0.6 is 11.6 Å². The predicted molar refractivity (Wildman–Crippen MR) is 73.5 cm³/mol. The second-order valence-electron chi connectivity index (χ2n) is 4.31. The third-order valence-corrected chi connectivity index (χ3v) is 2.86. The maximum absolute atomic E-state index is 11.9. The monoisotopic (exact) mass is 324 g/mol. The van der Waals surface area contributed by atoms with Crippen molar-refractivity contribution in [3.8, 4) is 5.75 Å². The lowest BCUT2D eigenvalue weighted by Gasteiger charge is -2.18.